The standard InChI is InChI=1S/C20H23NO/c1-3-14(2)18-9-4-5-10-19(18)21-20(22)17-12-11-15-7-6-8-16(15)13-17/h4-5,9-14H,3,6-8H2,1-2H3,(H,21,22)/t14-/m1/s1. The molecule has 0 fully saturated rings. The summed E-state index contributed by atoms with van der Waals surface area (Å²) in [6.45, 7) is 4.37. The molecule has 2 aromatic rings. The Bertz CT molecular complexity index is 690. The van der Waals surface area contributed by atoms with Crippen molar-refractivity contribution in [1.82, 2.24) is 0 Å². The Kier molecular flexibility index (Phi) is 4.28. The number of fused-ring (bicyclic) bond motifs is 1. The molecule has 0 unspecified atom stereocenters. The van der Waals surface area contributed by atoms with E-state index in [-0.39, 0.29) is 5.91 Å². The number of hydrogen-bond acceptors (Lipinski definition) is 1. The summed E-state index contributed by atoms with van der Waals surface area (Å²) < 4.78 is 0. The van der Waals surface area contributed by atoms with E-state index in [9.17, 15) is 4.79 Å². The quantitative estimate of drug-likeness (QED) is 0.849. The fourth-order valence-corrected chi connectivity index (χ4v) is 3.17. The van der Waals surface area contributed by atoms with Crippen molar-refractivity contribution in [3.05, 3.63) is 64.7 Å². The first kappa shape index (κ1) is 14.8. The third-order valence-corrected chi connectivity index (χ3v) is 4.71. The van der Waals surface area contributed by atoms with Crippen LogP contribution < -0.4 is 5.32 Å². The number of rotatable bonds is 4. The Balaban J connectivity index is 1.83. The predicted octanol–water partition coefficient (Wildman–Crippen LogP) is 4.94. The lowest BCUT2D eigenvalue weighted by Crippen LogP contribution is -2.14. The zero-order chi connectivity index (χ0) is 15.5. The monoisotopic (exact) mass is 293 g/mol. The van der Waals surface area contributed by atoms with Crippen LogP contribution in [0.25, 0.3) is 0 Å². The summed E-state index contributed by atoms with van der Waals surface area (Å²) in [5.74, 6) is 0.432. The number of benzene rings is 2. The van der Waals surface area contributed by atoms with Crippen LogP contribution in [-0.2, 0) is 12.8 Å². The summed E-state index contributed by atoms with van der Waals surface area (Å²) in [7, 11) is 0. The summed E-state index contributed by atoms with van der Waals surface area (Å²) in [5, 5.41) is 3.09. The SMILES string of the molecule is CC[C@@H](C)c1ccccc1NC(=O)c1ccc2c(c1)CCC2. The summed E-state index contributed by atoms with van der Waals surface area (Å²) >= 11 is 0. The van der Waals surface area contributed by atoms with Crippen molar-refractivity contribution >= 4 is 11.6 Å². The highest BCUT2D eigenvalue weighted by molar-refractivity contribution is 6.04. The fraction of sp³-hybridized carbons (Fsp3) is 0.350. The van der Waals surface area contributed by atoms with Gasteiger partial charge in [0.15, 0.2) is 0 Å². The first-order valence-corrected chi connectivity index (χ1v) is 8.21. The molecule has 2 nitrogen and oxygen atoms in total. The van der Waals surface area contributed by atoms with Crippen LogP contribution in [0.3, 0.4) is 0 Å². The summed E-state index contributed by atoms with van der Waals surface area (Å²) in [6.07, 6.45) is 4.51. The first-order chi connectivity index (χ1) is 10.7. The molecule has 0 aliphatic heterocycles. The van der Waals surface area contributed by atoms with E-state index in [1.807, 2.05) is 24.3 Å². The molecule has 0 spiro atoms. The number of aryl methyl sites for hydroxylation is 2. The molecule has 1 aliphatic rings. The van der Waals surface area contributed by atoms with Crippen molar-refractivity contribution in [2.45, 2.75) is 45.4 Å². The van der Waals surface area contributed by atoms with Gasteiger partial charge in [0.05, 0.1) is 0 Å². The average molecular weight is 293 g/mol. The van der Waals surface area contributed by atoms with Crippen molar-refractivity contribution in [2.75, 3.05) is 5.32 Å². The van der Waals surface area contributed by atoms with E-state index in [4.69, 9.17) is 0 Å². The van der Waals surface area contributed by atoms with Gasteiger partial charge in [-0.15, -0.1) is 0 Å². The van der Waals surface area contributed by atoms with Crippen LogP contribution in [-0.4, -0.2) is 5.91 Å². The molecular formula is C20H23NO. The summed E-state index contributed by atoms with van der Waals surface area (Å²) in [6, 6.07) is 14.2. The molecule has 1 amide bonds. The van der Waals surface area contributed by atoms with Gasteiger partial charge in [-0.25, -0.2) is 0 Å². The van der Waals surface area contributed by atoms with E-state index >= 15 is 0 Å². The molecule has 1 aliphatic carbocycles. The van der Waals surface area contributed by atoms with E-state index in [0.717, 1.165) is 30.5 Å². The number of carbonyl (C=O) groups is 1. The molecule has 0 heterocycles. The Morgan fingerprint density at radius 3 is 2.73 bits per heavy atom. The number of anilines is 1. The van der Waals surface area contributed by atoms with Crippen LogP contribution >= 0.6 is 0 Å². The van der Waals surface area contributed by atoms with E-state index in [2.05, 4.69) is 37.4 Å². The van der Waals surface area contributed by atoms with Crippen molar-refractivity contribution < 1.29 is 4.79 Å². The lowest BCUT2D eigenvalue weighted by Gasteiger charge is -2.16. The van der Waals surface area contributed by atoms with E-state index < -0.39 is 0 Å². The van der Waals surface area contributed by atoms with Gasteiger partial charge >= 0.3 is 0 Å². The van der Waals surface area contributed by atoms with Crippen LogP contribution in [0.4, 0.5) is 5.69 Å². The Hall–Kier alpha value is -2.09. The second kappa shape index (κ2) is 6.35. The maximum absolute atomic E-state index is 12.6. The van der Waals surface area contributed by atoms with E-state index in [1.165, 1.54) is 23.1 Å². The van der Waals surface area contributed by atoms with Gasteiger partial charge in [0.1, 0.15) is 0 Å². The Labute approximate surface area is 132 Å². The maximum Gasteiger partial charge on any atom is 0.255 e. The molecule has 0 radical (unpaired) electrons. The number of carbonyl (C=O) groups excluding carboxylic acids is 1. The molecular weight excluding hydrogens is 270 g/mol. The molecule has 22 heavy (non-hydrogen) atoms. The molecule has 0 saturated heterocycles. The van der Waals surface area contributed by atoms with E-state index in [1.54, 1.807) is 0 Å². The first-order valence-electron chi connectivity index (χ1n) is 8.21. The molecule has 1 atom stereocenters. The van der Waals surface area contributed by atoms with Crippen molar-refractivity contribution in [3.63, 3.8) is 0 Å². The minimum absolute atomic E-state index is 0.00884. The highest BCUT2D eigenvalue weighted by Crippen LogP contribution is 2.27. The molecule has 0 saturated carbocycles. The molecule has 1 N–H and O–H groups in total. The van der Waals surface area contributed by atoms with Crippen molar-refractivity contribution in [2.24, 2.45) is 0 Å². The molecule has 114 valence electrons. The molecule has 0 bridgehead atoms. The Morgan fingerprint density at radius 2 is 1.91 bits per heavy atom. The van der Waals surface area contributed by atoms with Gasteiger partial charge in [0, 0.05) is 11.3 Å². The normalized spacial score (nSPS) is 14.5. The van der Waals surface area contributed by atoms with Gasteiger partial charge < -0.3 is 5.32 Å². The van der Waals surface area contributed by atoms with Crippen LogP contribution in [0.1, 0.15) is 59.7 Å². The highest BCUT2D eigenvalue weighted by Gasteiger charge is 2.15. The zero-order valence-corrected chi connectivity index (χ0v) is 13.4. The third kappa shape index (κ3) is 2.92. The number of amides is 1. The predicted molar refractivity (Wildman–Crippen MR) is 91.6 cm³/mol. The topological polar surface area (TPSA) is 29.1 Å². The number of hydrogen-bond donors (Lipinski definition) is 1. The zero-order valence-electron chi connectivity index (χ0n) is 13.4. The smallest absolute Gasteiger partial charge is 0.255 e. The summed E-state index contributed by atoms with van der Waals surface area (Å²) in [4.78, 5) is 12.6. The van der Waals surface area contributed by atoms with Crippen LogP contribution in [0.5, 0.6) is 0 Å². The van der Waals surface area contributed by atoms with Gasteiger partial charge in [-0.3, -0.25) is 4.79 Å². The van der Waals surface area contributed by atoms with Crippen LogP contribution in [0, 0.1) is 0 Å². The van der Waals surface area contributed by atoms with Crippen LogP contribution in [0.15, 0.2) is 42.5 Å². The van der Waals surface area contributed by atoms with Gasteiger partial charge in [-0.05, 0) is 66.5 Å². The average Bonchev–Trinajstić information content (AvgIpc) is 3.02. The maximum atomic E-state index is 12.6. The van der Waals surface area contributed by atoms with Gasteiger partial charge in [-0.1, -0.05) is 38.1 Å². The highest BCUT2D eigenvalue weighted by atomic mass is 16.1. The van der Waals surface area contributed by atoms with E-state index in [0.29, 0.717) is 5.92 Å². The minimum Gasteiger partial charge on any atom is -0.322 e. The second-order valence-corrected chi connectivity index (χ2v) is 6.19. The number of para-hydroxylation sites is 1. The van der Waals surface area contributed by atoms with Crippen molar-refractivity contribution in [3.8, 4) is 0 Å². The van der Waals surface area contributed by atoms with Crippen LogP contribution in [0.2, 0.25) is 0 Å². The second-order valence-electron chi connectivity index (χ2n) is 6.19. The lowest BCUT2D eigenvalue weighted by molar-refractivity contribution is 0.102. The van der Waals surface area contributed by atoms with Gasteiger partial charge in [0.2, 0.25) is 0 Å². The molecule has 0 aromatic heterocycles. The molecule has 3 rings (SSSR count). The molecule has 2 heteroatoms. The third-order valence-electron chi connectivity index (χ3n) is 4.71. The Morgan fingerprint density at radius 1 is 1.14 bits per heavy atom. The summed E-state index contributed by atoms with van der Waals surface area (Å²) in [5.41, 5.74) is 5.64. The van der Waals surface area contributed by atoms with Gasteiger partial charge in [-0.2, -0.15) is 0 Å². The largest absolute Gasteiger partial charge is 0.322 e. The van der Waals surface area contributed by atoms with Crippen molar-refractivity contribution in [1.29, 1.82) is 0 Å². The minimum atomic E-state index is -0.00884. The number of nitrogens with one attached hydrogen (secondary N) is 1. The fourth-order valence-electron chi connectivity index (χ4n) is 3.17. The van der Waals surface area contributed by atoms with Gasteiger partial charge in [0.25, 0.3) is 5.91 Å². The lowest BCUT2D eigenvalue weighted by atomic mass is 9.96. The molecule has 2 aromatic carbocycles.